The minimum absolute atomic E-state index is 0.138. The summed E-state index contributed by atoms with van der Waals surface area (Å²) in [5, 5.41) is 12.1. The Bertz CT molecular complexity index is 736. The van der Waals surface area contributed by atoms with Gasteiger partial charge in [-0.3, -0.25) is 14.5 Å². The number of anilines is 1. The molecule has 5 nitrogen and oxygen atoms in total. The minimum Gasteiger partial charge on any atom is -0.508 e. The lowest BCUT2D eigenvalue weighted by atomic mass is 10.2. The summed E-state index contributed by atoms with van der Waals surface area (Å²) in [6, 6.07) is 15.6. The number of aromatic hydroxyl groups is 1. The Labute approximate surface area is 127 Å². The molecule has 0 atom stereocenters. The highest BCUT2D eigenvalue weighted by molar-refractivity contribution is 6.17. The van der Waals surface area contributed by atoms with Crippen molar-refractivity contribution in [2.75, 3.05) is 5.32 Å². The molecule has 1 heterocycles. The molecular weight excluding hydrogens is 280 g/mol. The average Bonchev–Trinajstić information content (AvgIpc) is 2.78. The van der Waals surface area contributed by atoms with E-state index < -0.39 is 0 Å². The first-order chi connectivity index (χ1) is 10.6. The molecule has 1 aliphatic rings. The summed E-state index contributed by atoms with van der Waals surface area (Å²) in [4.78, 5) is 25.5. The van der Waals surface area contributed by atoms with E-state index in [-0.39, 0.29) is 29.8 Å². The Morgan fingerprint density at radius 2 is 1.64 bits per heavy atom. The number of carbonyl (C=O) groups is 2. The van der Waals surface area contributed by atoms with Gasteiger partial charge in [0.05, 0.1) is 6.54 Å². The molecule has 3 rings (SSSR count). The van der Waals surface area contributed by atoms with Crippen molar-refractivity contribution >= 4 is 17.5 Å². The van der Waals surface area contributed by atoms with Crippen LogP contribution < -0.4 is 5.32 Å². The predicted molar refractivity (Wildman–Crippen MR) is 81.8 cm³/mol. The van der Waals surface area contributed by atoms with E-state index in [2.05, 4.69) is 5.32 Å². The topological polar surface area (TPSA) is 69.6 Å². The maximum absolute atomic E-state index is 12.3. The molecule has 2 N–H and O–H groups in total. The Morgan fingerprint density at radius 3 is 2.32 bits per heavy atom. The first kappa shape index (κ1) is 13.9. The van der Waals surface area contributed by atoms with Gasteiger partial charge in [0.1, 0.15) is 11.4 Å². The van der Waals surface area contributed by atoms with Gasteiger partial charge in [0.2, 0.25) is 0 Å². The zero-order valence-electron chi connectivity index (χ0n) is 11.7. The number of phenols is 1. The SMILES string of the molecule is O=C1C=C(Nc2ccc(O)cc2)C(=O)N1Cc1ccccc1. The third-order valence-corrected chi connectivity index (χ3v) is 3.34. The van der Waals surface area contributed by atoms with Gasteiger partial charge in [-0.1, -0.05) is 30.3 Å². The van der Waals surface area contributed by atoms with Gasteiger partial charge in [-0.15, -0.1) is 0 Å². The molecular formula is C17H14N2O3. The lowest BCUT2D eigenvalue weighted by molar-refractivity contribution is -0.137. The first-order valence-electron chi connectivity index (χ1n) is 6.81. The predicted octanol–water partition coefficient (Wildman–Crippen LogP) is 2.26. The molecule has 2 aromatic carbocycles. The van der Waals surface area contributed by atoms with Gasteiger partial charge >= 0.3 is 0 Å². The summed E-state index contributed by atoms with van der Waals surface area (Å²) >= 11 is 0. The number of rotatable bonds is 4. The fourth-order valence-electron chi connectivity index (χ4n) is 2.21. The number of phenolic OH excluding ortho intramolecular Hbond substituents is 1. The monoisotopic (exact) mass is 294 g/mol. The van der Waals surface area contributed by atoms with E-state index in [1.165, 1.54) is 23.1 Å². The normalized spacial score (nSPS) is 14.2. The highest BCUT2D eigenvalue weighted by Crippen LogP contribution is 2.20. The summed E-state index contributed by atoms with van der Waals surface area (Å²) in [6.45, 7) is 0.246. The third-order valence-electron chi connectivity index (χ3n) is 3.34. The van der Waals surface area contributed by atoms with Crippen LogP contribution in [-0.4, -0.2) is 21.8 Å². The van der Waals surface area contributed by atoms with Crippen molar-refractivity contribution < 1.29 is 14.7 Å². The van der Waals surface area contributed by atoms with Crippen LogP contribution in [0.4, 0.5) is 5.69 Å². The van der Waals surface area contributed by atoms with Crippen molar-refractivity contribution in [3.63, 3.8) is 0 Å². The number of nitrogens with one attached hydrogen (secondary N) is 1. The lowest BCUT2D eigenvalue weighted by Crippen LogP contribution is -2.31. The zero-order valence-corrected chi connectivity index (χ0v) is 11.7. The minimum atomic E-state index is -0.359. The highest BCUT2D eigenvalue weighted by atomic mass is 16.3. The molecule has 0 fully saturated rings. The highest BCUT2D eigenvalue weighted by Gasteiger charge is 2.31. The standard InChI is InChI=1S/C17H14N2O3/c20-14-8-6-13(7-9-14)18-15-10-16(21)19(17(15)22)11-12-4-2-1-3-5-12/h1-10,18,20H,11H2. The van der Waals surface area contributed by atoms with Crippen LogP contribution in [-0.2, 0) is 16.1 Å². The van der Waals surface area contributed by atoms with Gasteiger partial charge in [0.25, 0.3) is 11.8 Å². The molecule has 2 aromatic rings. The van der Waals surface area contributed by atoms with Crippen LogP contribution in [0.1, 0.15) is 5.56 Å². The number of benzene rings is 2. The lowest BCUT2D eigenvalue weighted by Gasteiger charge is -2.15. The van der Waals surface area contributed by atoms with Crippen molar-refractivity contribution in [2.24, 2.45) is 0 Å². The molecule has 22 heavy (non-hydrogen) atoms. The van der Waals surface area contributed by atoms with E-state index >= 15 is 0 Å². The molecule has 0 aliphatic carbocycles. The summed E-state index contributed by atoms with van der Waals surface area (Å²) in [5.41, 5.74) is 1.75. The number of amides is 2. The second-order valence-electron chi connectivity index (χ2n) is 4.95. The van der Waals surface area contributed by atoms with Gasteiger partial charge in [-0.2, -0.15) is 0 Å². The van der Waals surface area contributed by atoms with Gasteiger partial charge in [-0.25, -0.2) is 0 Å². The van der Waals surface area contributed by atoms with Crippen molar-refractivity contribution in [1.82, 2.24) is 4.90 Å². The molecule has 0 saturated carbocycles. The van der Waals surface area contributed by atoms with Crippen molar-refractivity contribution in [3.05, 3.63) is 71.9 Å². The van der Waals surface area contributed by atoms with Gasteiger partial charge < -0.3 is 10.4 Å². The average molecular weight is 294 g/mol. The van der Waals surface area contributed by atoms with Crippen LogP contribution in [0.15, 0.2) is 66.4 Å². The quantitative estimate of drug-likeness (QED) is 0.670. The van der Waals surface area contributed by atoms with Crippen LogP contribution in [0.25, 0.3) is 0 Å². The maximum atomic E-state index is 12.3. The molecule has 0 spiro atoms. The largest absolute Gasteiger partial charge is 0.508 e. The van der Waals surface area contributed by atoms with Crippen LogP contribution in [0.5, 0.6) is 5.75 Å². The van der Waals surface area contributed by atoms with Crippen molar-refractivity contribution in [3.8, 4) is 5.75 Å². The summed E-state index contributed by atoms with van der Waals surface area (Å²) in [6.07, 6.45) is 1.29. The smallest absolute Gasteiger partial charge is 0.277 e. The molecule has 0 saturated heterocycles. The molecule has 0 bridgehead atoms. The number of hydrogen-bond acceptors (Lipinski definition) is 4. The van der Waals surface area contributed by atoms with E-state index in [0.717, 1.165) is 5.56 Å². The molecule has 0 aromatic heterocycles. The number of imide groups is 1. The van der Waals surface area contributed by atoms with E-state index in [0.29, 0.717) is 5.69 Å². The fourth-order valence-corrected chi connectivity index (χ4v) is 2.21. The van der Waals surface area contributed by atoms with E-state index in [9.17, 15) is 14.7 Å². The Hall–Kier alpha value is -3.08. The first-order valence-corrected chi connectivity index (χ1v) is 6.81. The molecule has 110 valence electrons. The third kappa shape index (κ3) is 2.83. The number of nitrogens with zero attached hydrogens (tertiary/aromatic N) is 1. The molecule has 0 unspecified atom stereocenters. The Morgan fingerprint density at radius 1 is 0.955 bits per heavy atom. The second-order valence-corrected chi connectivity index (χ2v) is 4.95. The summed E-state index contributed by atoms with van der Waals surface area (Å²) < 4.78 is 0. The molecule has 1 aliphatic heterocycles. The van der Waals surface area contributed by atoms with Crippen molar-refractivity contribution in [2.45, 2.75) is 6.54 Å². The van der Waals surface area contributed by atoms with Gasteiger partial charge in [0, 0.05) is 11.8 Å². The van der Waals surface area contributed by atoms with Gasteiger partial charge in [-0.05, 0) is 29.8 Å². The second kappa shape index (κ2) is 5.73. The van der Waals surface area contributed by atoms with E-state index in [4.69, 9.17) is 0 Å². The molecule has 2 amide bonds. The Balaban J connectivity index is 1.73. The van der Waals surface area contributed by atoms with Crippen LogP contribution in [0.3, 0.4) is 0 Å². The fraction of sp³-hybridized carbons (Fsp3) is 0.0588. The Kier molecular flexibility index (Phi) is 3.62. The molecule has 0 radical (unpaired) electrons. The molecule has 5 heteroatoms. The van der Waals surface area contributed by atoms with Gasteiger partial charge in [0.15, 0.2) is 0 Å². The number of carbonyl (C=O) groups excluding carboxylic acids is 2. The maximum Gasteiger partial charge on any atom is 0.277 e. The number of hydrogen-bond donors (Lipinski definition) is 2. The van der Waals surface area contributed by atoms with Crippen LogP contribution in [0, 0.1) is 0 Å². The van der Waals surface area contributed by atoms with E-state index in [1.54, 1.807) is 12.1 Å². The summed E-state index contributed by atoms with van der Waals surface area (Å²) in [5.74, 6) is -0.559. The summed E-state index contributed by atoms with van der Waals surface area (Å²) in [7, 11) is 0. The van der Waals surface area contributed by atoms with E-state index in [1.807, 2.05) is 30.3 Å². The zero-order chi connectivity index (χ0) is 15.5. The van der Waals surface area contributed by atoms with Crippen LogP contribution >= 0.6 is 0 Å². The van der Waals surface area contributed by atoms with Crippen molar-refractivity contribution in [1.29, 1.82) is 0 Å². The van der Waals surface area contributed by atoms with Crippen LogP contribution in [0.2, 0.25) is 0 Å².